The van der Waals surface area contributed by atoms with Gasteiger partial charge in [-0.05, 0) is 12.1 Å². The van der Waals surface area contributed by atoms with Crippen LogP contribution in [0.3, 0.4) is 0 Å². The molecule has 0 heterocycles. The SMILES string of the molecule is CNC(=O)CCOc1cc(N)ccc1C(=O)OC. The molecule has 0 unspecified atom stereocenters. The molecule has 0 aromatic heterocycles. The fourth-order valence-corrected chi connectivity index (χ4v) is 1.32. The summed E-state index contributed by atoms with van der Waals surface area (Å²) in [5.74, 6) is -0.339. The molecule has 6 nitrogen and oxygen atoms in total. The van der Waals surface area contributed by atoms with Crippen LogP contribution in [0, 0.1) is 0 Å². The number of nitrogen functional groups attached to an aromatic ring is 1. The van der Waals surface area contributed by atoms with Crippen molar-refractivity contribution in [2.75, 3.05) is 26.5 Å². The van der Waals surface area contributed by atoms with Crippen LogP contribution in [-0.4, -0.2) is 32.6 Å². The highest BCUT2D eigenvalue weighted by Gasteiger charge is 2.13. The fraction of sp³-hybridized carbons (Fsp3) is 0.333. The Morgan fingerprint density at radius 1 is 1.39 bits per heavy atom. The summed E-state index contributed by atoms with van der Waals surface area (Å²) in [5, 5.41) is 2.48. The zero-order valence-corrected chi connectivity index (χ0v) is 10.4. The second-order valence-corrected chi connectivity index (χ2v) is 3.52. The molecule has 0 bridgehead atoms. The molecule has 1 aromatic carbocycles. The first-order chi connectivity index (χ1) is 8.58. The van der Waals surface area contributed by atoms with Gasteiger partial charge < -0.3 is 20.5 Å². The molecule has 0 aliphatic heterocycles. The molecule has 0 aliphatic rings. The second-order valence-electron chi connectivity index (χ2n) is 3.52. The van der Waals surface area contributed by atoms with Gasteiger partial charge in [0.15, 0.2) is 0 Å². The highest BCUT2D eigenvalue weighted by Crippen LogP contribution is 2.22. The second kappa shape index (κ2) is 6.48. The standard InChI is InChI=1S/C12H16N2O4/c1-14-11(15)5-6-18-10-7-8(13)3-4-9(10)12(16)17-2/h3-4,7H,5-6,13H2,1-2H3,(H,14,15). The molecule has 3 N–H and O–H groups in total. The third kappa shape index (κ3) is 3.65. The summed E-state index contributed by atoms with van der Waals surface area (Å²) >= 11 is 0. The number of carbonyl (C=O) groups is 2. The first kappa shape index (κ1) is 13.8. The van der Waals surface area contributed by atoms with Crippen LogP contribution in [0.2, 0.25) is 0 Å². The normalized spacial score (nSPS) is 9.67. The molecular formula is C12H16N2O4. The van der Waals surface area contributed by atoms with Crippen LogP contribution in [0.4, 0.5) is 5.69 Å². The number of hydrogen-bond acceptors (Lipinski definition) is 5. The first-order valence-electron chi connectivity index (χ1n) is 5.39. The number of anilines is 1. The zero-order chi connectivity index (χ0) is 13.5. The van der Waals surface area contributed by atoms with Gasteiger partial charge in [0.1, 0.15) is 11.3 Å². The summed E-state index contributed by atoms with van der Waals surface area (Å²) in [6.45, 7) is 0.160. The smallest absolute Gasteiger partial charge is 0.341 e. The van der Waals surface area contributed by atoms with E-state index in [1.165, 1.54) is 19.2 Å². The summed E-state index contributed by atoms with van der Waals surface area (Å²) in [6.07, 6.45) is 0.200. The highest BCUT2D eigenvalue weighted by atomic mass is 16.5. The van der Waals surface area contributed by atoms with Gasteiger partial charge >= 0.3 is 5.97 Å². The van der Waals surface area contributed by atoms with Crippen LogP contribution < -0.4 is 15.8 Å². The lowest BCUT2D eigenvalue weighted by atomic mass is 10.2. The molecule has 98 valence electrons. The van der Waals surface area contributed by atoms with Crippen molar-refractivity contribution in [1.29, 1.82) is 0 Å². The lowest BCUT2D eigenvalue weighted by Crippen LogP contribution is -2.20. The molecule has 0 radical (unpaired) electrons. The summed E-state index contributed by atoms with van der Waals surface area (Å²) in [7, 11) is 2.83. The Morgan fingerprint density at radius 3 is 2.72 bits per heavy atom. The molecule has 0 spiro atoms. The Bertz CT molecular complexity index is 446. The van der Waals surface area contributed by atoms with Gasteiger partial charge in [0.2, 0.25) is 5.91 Å². The van der Waals surface area contributed by atoms with E-state index in [1.807, 2.05) is 0 Å². The summed E-state index contributed by atoms with van der Waals surface area (Å²) < 4.78 is 10.00. The van der Waals surface area contributed by atoms with Crippen LogP contribution in [0.1, 0.15) is 16.8 Å². The number of ether oxygens (including phenoxy) is 2. The molecule has 1 rings (SSSR count). The van der Waals surface area contributed by atoms with E-state index >= 15 is 0 Å². The van der Waals surface area contributed by atoms with Crippen molar-refractivity contribution in [3.63, 3.8) is 0 Å². The van der Waals surface area contributed by atoms with Crippen LogP contribution >= 0.6 is 0 Å². The molecule has 0 saturated heterocycles. The summed E-state index contributed by atoms with van der Waals surface area (Å²) in [4.78, 5) is 22.5. The predicted octanol–water partition coefficient (Wildman–Crippen LogP) is 0.570. The molecule has 6 heteroatoms. The Labute approximate surface area is 105 Å². The van der Waals surface area contributed by atoms with Gasteiger partial charge in [0.25, 0.3) is 0 Å². The van der Waals surface area contributed by atoms with Crippen LogP contribution in [0.15, 0.2) is 18.2 Å². The van der Waals surface area contributed by atoms with Crippen LogP contribution in [0.25, 0.3) is 0 Å². The third-order valence-corrected chi connectivity index (χ3v) is 2.28. The van der Waals surface area contributed by atoms with E-state index in [0.717, 1.165) is 0 Å². The number of esters is 1. The molecule has 0 fully saturated rings. The lowest BCUT2D eigenvalue weighted by molar-refractivity contribution is -0.121. The van der Waals surface area contributed by atoms with Crippen molar-refractivity contribution < 1.29 is 19.1 Å². The molecule has 0 atom stereocenters. The van der Waals surface area contributed by atoms with Crippen molar-refractivity contribution in [2.24, 2.45) is 0 Å². The van der Waals surface area contributed by atoms with Crippen molar-refractivity contribution in [3.05, 3.63) is 23.8 Å². The predicted molar refractivity (Wildman–Crippen MR) is 66.4 cm³/mol. The van der Waals surface area contributed by atoms with Crippen molar-refractivity contribution in [3.8, 4) is 5.75 Å². The number of carbonyl (C=O) groups excluding carboxylic acids is 2. The molecule has 0 aliphatic carbocycles. The lowest BCUT2D eigenvalue weighted by Gasteiger charge is -2.10. The van der Waals surface area contributed by atoms with Gasteiger partial charge in [-0.1, -0.05) is 0 Å². The number of methoxy groups -OCH3 is 1. The van der Waals surface area contributed by atoms with Gasteiger partial charge in [-0.2, -0.15) is 0 Å². The molecule has 1 aromatic rings. The van der Waals surface area contributed by atoms with E-state index in [1.54, 1.807) is 13.1 Å². The van der Waals surface area contributed by atoms with Crippen molar-refractivity contribution >= 4 is 17.6 Å². The van der Waals surface area contributed by atoms with Gasteiger partial charge in [-0.3, -0.25) is 4.79 Å². The maximum atomic E-state index is 11.5. The van der Waals surface area contributed by atoms with Gasteiger partial charge in [-0.25, -0.2) is 4.79 Å². The largest absolute Gasteiger partial charge is 0.492 e. The van der Waals surface area contributed by atoms with E-state index in [2.05, 4.69) is 10.1 Å². The number of benzene rings is 1. The molecule has 18 heavy (non-hydrogen) atoms. The quantitative estimate of drug-likeness (QED) is 0.590. The van der Waals surface area contributed by atoms with Crippen molar-refractivity contribution in [2.45, 2.75) is 6.42 Å². The number of amides is 1. The van der Waals surface area contributed by atoms with E-state index in [-0.39, 0.29) is 24.5 Å². The number of nitrogens with one attached hydrogen (secondary N) is 1. The van der Waals surface area contributed by atoms with Crippen LogP contribution in [0.5, 0.6) is 5.75 Å². The first-order valence-corrected chi connectivity index (χ1v) is 5.39. The average Bonchev–Trinajstić information content (AvgIpc) is 2.37. The highest BCUT2D eigenvalue weighted by molar-refractivity contribution is 5.93. The van der Waals surface area contributed by atoms with E-state index in [4.69, 9.17) is 10.5 Å². The van der Waals surface area contributed by atoms with Gasteiger partial charge in [-0.15, -0.1) is 0 Å². The fourth-order valence-electron chi connectivity index (χ4n) is 1.32. The summed E-state index contributed by atoms with van der Waals surface area (Å²) in [5.41, 5.74) is 6.37. The number of rotatable bonds is 5. The maximum Gasteiger partial charge on any atom is 0.341 e. The van der Waals surface area contributed by atoms with E-state index in [9.17, 15) is 9.59 Å². The third-order valence-electron chi connectivity index (χ3n) is 2.28. The Hall–Kier alpha value is -2.24. The molecule has 1 amide bonds. The summed E-state index contributed by atoms with van der Waals surface area (Å²) in [6, 6.07) is 4.63. The Morgan fingerprint density at radius 2 is 2.11 bits per heavy atom. The monoisotopic (exact) mass is 252 g/mol. The number of nitrogens with two attached hydrogens (primary N) is 1. The topological polar surface area (TPSA) is 90.6 Å². The minimum Gasteiger partial charge on any atom is -0.492 e. The molecular weight excluding hydrogens is 236 g/mol. The maximum absolute atomic E-state index is 11.5. The Balaban J connectivity index is 2.76. The minimum absolute atomic E-state index is 0.140. The zero-order valence-electron chi connectivity index (χ0n) is 10.4. The van der Waals surface area contributed by atoms with E-state index in [0.29, 0.717) is 11.4 Å². The van der Waals surface area contributed by atoms with Gasteiger partial charge in [0, 0.05) is 18.8 Å². The average molecular weight is 252 g/mol. The minimum atomic E-state index is -0.509. The molecule has 0 saturated carbocycles. The Kier molecular flexibility index (Phi) is 4.98. The number of hydrogen-bond donors (Lipinski definition) is 2. The van der Waals surface area contributed by atoms with E-state index < -0.39 is 5.97 Å². The van der Waals surface area contributed by atoms with Crippen molar-refractivity contribution in [1.82, 2.24) is 5.32 Å². The van der Waals surface area contributed by atoms with Gasteiger partial charge in [0.05, 0.1) is 20.1 Å². The van der Waals surface area contributed by atoms with Crippen LogP contribution in [-0.2, 0) is 9.53 Å².